The van der Waals surface area contributed by atoms with Crippen LogP contribution in [0.5, 0.6) is 0 Å². The molecule has 0 saturated carbocycles. The number of rotatable bonds is 8. The van der Waals surface area contributed by atoms with Crippen molar-refractivity contribution < 1.29 is 9.53 Å². The smallest absolute Gasteiger partial charge is 0.338 e. The van der Waals surface area contributed by atoms with Gasteiger partial charge in [-0.15, -0.1) is 0 Å². The molecular formula is C41H36ClN3O3S. The lowest BCUT2D eigenvalue weighted by atomic mass is 9.91. The van der Waals surface area contributed by atoms with Crippen molar-refractivity contribution in [2.24, 2.45) is 4.99 Å². The molecule has 6 nitrogen and oxygen atoms in total. The van der Waals surface area contributed by atoms with E-state index in [0.717, 1.165) is 38.9 Å². The van der Waals surface area contributed by atoms with Gasteiger partial charge >= 0.3 is 5.97 Å². The second kappa shape index (κ2) is 13.5. The van der Waals surface area contributed by atoms with Crippen molar-refractivity contribution in [2.45, 2.75) is 46.2 Å². The fourth-order valence-corrected chi connectivity index (χ4v) is 7.67. The fraction of sp³-hybridized carbons (Fsp3) is 0.195. The lowest BCUT2D eigenvalue weighted by Crippen LogP contribution is -2.40. The Morgan fingerprint density at radius 1 is 0.959 bits per heavy atom. The van der Waals surface area contributed by atoms with Gasteiger partial charge < -0.3 is 9.30 Å². The Morgan fingerprint density at radius 2 is 1.65 bits per heavy atom. The first kappa shape index (κ1) is 32.6. The number of carbonyl (C=O) groups excluding carboxylic acids is 1. The van der Waals surface area contributed by atoms with Gasteiger partial charge in [-0.05, 0) is 60.7 Å². The standard InChI is InChI=1S/C41H36ClN3O3S/c1-5-48-40(47)36-37(29-11-7-6-8-12-29)43-41-45(38(36)30-19-17-28(18-20-30)25(2)3)39(46)35(49-41)23-33-26(4)44(34-14-10-9-13-32(33)34)24-27-15-21-31(42)22-16-27/h6-23,25,38H,5,24H2,1-4H3/b35-23-/t38-/m1/s1. The fourth-order valence-electron chi connectivity index (χ4n) is 6.57. The molecule has 6 aromatic rings. The second-order valence-electron chi connectivity index (χ2n) is 12.5. The van der Waals surface area contributed by atoms with Crippen LogP contribution in [0.25, 0.3) is 22.7 Å². The maximum Gasteiger partial charge on any atom is 0.338 e. The van der Waals surface area contributed by atoms with Gasteiger partial charge in [-0.2, -0.15) is 0 Å². The second-order valence-corrected chi connectivity index (χ2v) is 13.9. The van der Waals surface area contributed by atoms with E-state index in [1.807, 2.05) is 84.9 Å². The van der Waals surface area contributed by atoms with Crippen molar-refractivity contribution in [3.05, 3.63) is 167 Å². The number of hydrogen-bond acceptors (Lipinski definition) is 5. The van der Waals surface area contributed by atoms with Crippen molar-refractivity contribution >= 4 is 51.6 Å². The minimum Gasteiger partial charge on any atom is -0.463 e. The van der Waals surface area contributed by atoms with E-state index in [0.29, 0.717) is 38.1 Å². The largest absolute Gasteiger partial charge is 0.463 e. The topological polar surface area (TPSA) is 65.6 Å². The average Bonchev–Trinajstić information content (AvgIpc) is 3.57. The third-order valence-electron chi connectivity index (χ3n) is 9.10. The number of benzene rings is 4. The molecule has 0 bridgehead atoms. The van der Waals surface area contributed by atoms with Crippen molar-refractivity contribution in [1.29, 1.82) is 0 Å². The number of para-hydroxylation sites is 1. The van der Waals surface area contributed by atoms with E-state index < -0.39 is 12.0 Å². The van der Waals surface area contributed by atoms with Gasteiger partial charge in [0.1, 0.15) is 0 Å². The van der Waals surface area contributed by atoms with Gasteiger partial charge in [-0.1, -0.05) is 122 Å². The van der Waals surface area contributed by atoms with Gasteiger partial charge in [0.25, 0.3) is 5.56 Å². The zero-order valence-corrected chi connectivity index (χ0v) is 29.4. The van der Waals surface area contributed by atoms with Crippen LogP contribution < -0.4 is 14.9 Å². The van der Waals surface area contributed by atoms with E-state index in [1.54, 1.807) is 11.5 Å². The number of aromatic nitrogens is 2. The highest BCUT2D eigenvalue weighted by atomic mass is 35.5. The highest BCUT2D eigenvalue weighted by Gasteiger charge is 2.35. The van der Waals surface area contributed by atoms with Gasteiger partial charge in [0.15, 0.2) is 4.80 Å². The van der Waals surface area contributed by atoms with Crippen molar-refractivity contribution in [3.8, 4) is 0 Å². The predicted octanol–water partition coefficient (Wildman–Crippen LogP) is 8.02. The molecule has 1 aliphatic heterocycles. The number of carbonyl (C=O) groups is 1. The molecule has 0 amide bonds. The van der Waals surface area contributed by atoms with Crippen molar-refractivity contribution in [1.82, 2.24) is 9.13 Å². The Balaban J connectivity index is 1.46. The molecule has 0 fully saturated rings. The van der Waals surface area contributed by atoms with Crippen LogP contribution in [0.4, 0.5) is 0 Å². The van der Waals surface area contributed by atoms with Gasteiger partial charge in [0.2, 0.25) is 0 Å². The third kappa shape index (κ3) is 6.09. The van der Waals surface area contributed by atoms with Crippen LogP contribution in [0, 0.1) is 6.92 Å². The zero-order chi connectivity index (χ0) is 34.2. The Kier molecular flexibility index (Phi) is 8.97. The minimum absolute atomic E-state index is 0.202. The zero-order valence-electron chi connectivity index (χ0n) is 27.8. The molecule has 0 saturated heterocycles. The number of esters is 1. The first-order chi connectivity index (χ1) is 23.7. The highest BCUT2D eigenvalue weighted by molar-refractivity contribution is 7.07. The Morgan fingerprint density at radius 3 is 2.35 bits per heavy atom. The van der Waals surface area contributed by atoms with E-state index >= 15 is 0 Å². The van der Waals surface area contributed by atoms with Crippen LogP contribution in [0.2, 0.25) is 5.02 Å². The summed E-state index contributed by atoms with van der Waals surface area (Å²) in [4.78, 5) is 34.0. The molecule has 3 heterocycles. The van der Waals surface area contributed by atoms with E-state index in [2.05, 4.69) is 49.6 Å². The van der Waals surface area contributed by atoms with Crippen LogP contribution in [-0.2, 0) is 16.1 Å². The number of hydrogen-bond donors (Lipinski definition) is 0. The summed E-state index contributed by atoms with van der Waals surface area (Å²) in [6, 6.07) is 33.2. The van der Waals surface area contributed by atoms with Crippen LogP contribution in [0.15, 0.2) is 118 Å². The predicted molar refractivity (Wildman–Crippen MR) is 199 cm³/mol. The molecule has 0 spiro atoms. The molecule has 8 heteroatoms. The number of thiazole rings is 1. The van der Waals surface area contributed by atoms with Crippen LogP contribution >= 0.6 is 22.9 Å². The Labute approximate surface area is 293 Å². The molecule has 0 N–H and O–H groups in total. The van der Waals surface area contributed by atoms with E-state index in [9.17, 15) is 9.59 Å². The summed E-state index contributed by atoms with van der Waals surface area (Å²) >= 11 is 7.51. The van der Waals surface area contributed by atoms with E-state index in [1.165, 1.54) is 16.9 Å². The van der Waals surface area contributed by atoms with Crippen molar-refractivity contribution in [2.75, 3.05) is 6.61 Å². The molecule has 4 aromatic carbocycles. The van der Waals surface area contributed by atoms with Crippen LogP contribution in [-0.4, -0.2) is 21.7 Å². The number of ether oxygens (including phenoxy) is 1. The summed E-state index contributed by atoms with van der Waals surface area (Å²) in [7, 11) is 0. The highest BCUT2D eigenvalue weighted by Crippen LogP contribution is 2.36. The molecule has 49 heavy (non-hydrogen) atoms. The molecule has 0 aliphatic carbocycles. The molecule has 7 rings (SSSR count). The van der Waals surface area contributed by atoms with Gasteiger partial charge in [-0.3, -0.25) is 9.36 Å². The molecule has 0 unspecified atom stereocenters. The molecule has 2 aromatic heterocycles. The van der Waals surface area contributed by atoms with Gasteiger partial charge in [-0.25, -0.2) is 9.79 Å². The summed E-state index contributed by atoms with van der Waals surface area (Å²) < 4.78 is 10.1. The summed E-state index contributed by atoms with van der Waals surface area (Å²) in [6.45, 7) is 9.02. The number of nitrogens with zero attached hydrogens (tertiary/aromatic N) is 3. The van der Waals surface area contributed by atoms with Crippen LogP contribution in [0.1, 0.15) is 66.2 Å². The van der Waals surface area contributed by atoms with Gasteiger partial charge in [0, 0.05) is 39.3 Å². The third-order valence-corrected chi connectivity index (χ3v) is 10.3. The normalized spacial score (nSPS) is 14.7. The summed E-state index contributed by atoms with van der Waals surface area (Å²) in [5, 5.41) is 1.75. The number of halogens is 1. The Bertz CT molecular complexity index is 2400. The maximum atomic E-state index is 14.6. The molecule has 1 atom stereocenters. The van der Waals surface area contributed by atoms with Crippen LogP contribution in [0.3, 0.4) is 0 Å². The monoisotopic (exact) mass is 685 g/mol. The van der Waals surface area contributed by atoms with Crippen molar-refractivity contribution in [3.63, 3.8) is 0 Å². The van der Waals surface area contributed by atoms with E-state index in [4.69, 9.17) is 21.3 Å². The summed E-state index contributed by atoms with van der Waals surface area (Å²) in [5.74, 6) is -0.153. The minimum atomic E-state index is -0.721. The summed E-state index contributed by atoms with van der Waals surface area (Å²) in [5.41, 5.74) is 7.65. The molecular weight excluding hydrogens is 650 g/mol. The average molecular weight is 686 g/mol. The lowest BCUT2D eigenvalue weighted by molar-refractivity contribution is -0.138. The summed E-state index contributed by atoms with van der Waals surface area (Å²) in [6.07, 6.45) is 1.98. The Hall–Kier alpha value is -4.98. The first-order valence-electron chi connectivity index (χ1n) is 16.5. The number of fused-ring (bicyclic) bond motifs is 2. The quantitative estimate of drug-likeness (QED) is 0.153. The SMILES string of the molecule is CCOC(=O)C1=C(c2ccccc2)N=c2s/c(=C\c3c(C)n(Cc4ccc(Cl)cc4)c4ccccc34)c(=O)n2[C@@H]1c1ccc(C(C)C)cc1. The molecule has 0 radical (unpaired) electrons. The van der Waals surface area contributed by atoms with E-state index in [-0.39, 0.29) is 12.2 Å². The molecule has 1 aliphatic rings. The first-order valence-corrected chi connectivity index (χ1v) is 17.6. The van der Waals surface area contributed by atoms with Gasteiger partial charge in [0.05, 0.1) is 28.5 Å². The molecule has 246 valence electrons. The lowest BCUT2D eigenvalue weighted by Gasteiger charge is -2.26. The maximum absolute atomic E-state index is 14.6.